The Hall–Kier alpha value is -7.76. The van der Waals surface area contributed by atoms with Crippen molar-refractivity contribution in [3.63, 3.8) is 0 Å². The van der Waals surface area contributed by atoms with Crippen LogP contribution in [0.25, 0.3) is 0 Å². The average molecular weight is 2820 g/mol. The lowest BCUT2D eigenvalue weighted by molar-refractivity contribution is 0.272. The molecule has 23 nitrogen and oxygen atoms in total. The molecular weight excluding hydrogens is 2700 g/mol. The van der Waals surface area contributed by atoms with Crippen molar-refractivity contribution in [3.05, 3.63) is 318 Å². The second kappa shape index (κ2) is 75.2. The van der Waals surface area contributed by atoms with Gasteiger partial charge in [0.05, 0.1) is 151 Å². The third-order valence-corrected chi connectivity index (χ3v) is 24.0. The van der Waals surface area contributed by atoms with E-state index < -0.39 is 13.3 Å². The average Bonchev–Trinajstić information content (AvgIpc) is 0.875. The van der Waals surface area contributed by atoms with Gasteiger partial charge in [-0.25, -0.2) is 22.0 Å². The Morgan fingerprint density at radius 3 is 0.993 bits per heavy atom. The first-order valence-electron chi connectivity index (χ1n) is 41.3. The monoisotopic (exact) mass is 2820 g/mol. The van der Waals surface area contributed by atoms with Gasteiger partial charge in [-0.1, -0.05) is 96.5 Å². The zero-order valence-electron chi connectivity index (χ0n) is 77.2. The van der Waals surface area contributed by atoms with Gasteiger partial charge in [0.15, 0.2) is 0 Å². The van der Waals surface area contributed by atoms with E-state index in [1.54, 1.807) is 112 Å². The number of benzene rings is 10. The zero-order chi connectivity index (χ0) is 102. The summed E-state index contributed by atoms with van der Waals surface area (Å²) in [6.45, 7) is 22.3. The normalized spacial score (nSPS) is 11.7. The largest absolute Gasteiger partial charge is 0.492 e. The molecule has 10 aromatic rings. The molecule has 0 spiro atoms. The van der Waals surface area contributed by atoms with E-state index in [9.17, 15) is 26.3 Å². The number of alkyl halides is 3. The molecule has 0 bridgehead atoms. The molecule has 0 aliphatic rings. The molecule has 0 aromatic heterocycles. The van der Waals surface area contributed by atoms with Crippen LogP contribution in [0, 0.1) is 42.4 Å². The molecular formula is C97H118Br2ClF6I7N20O3. The Morgan fingerprint density at radius 2 is 0.632 bits per heavy atom. The SMILES string of the molecule is CC(N)=NCc1ccc(F)c([131I])c1.CC(N)=NCc1ccc(OCCC[18F])c(Br)c1.CC(N)=NCc1ccc(OCC[18F])c(Br)c1.CC(N)=NCc1ccc(OCC[18F])c(Cl)c1.CC(N)=NCc1ccc([131I])c(F)c1.CC(N)=NCc1ccc([131I])c(I)c1.CC(N)=NCc1ccc([131I])cc1.CC(N)=NCc1cccc([124I])c1.CC(N)=NCc1cccc([131I])c1.CC(N)=NCc1cccc([18F])c1. The summed E-state index contributed by atoms with van der Waals surface area (Å²) in [6, 6.07) is 63.9. The summed E-state index contributed by atoms with van der Waals surface area (Å²) in [4.78, 5) is 40.8. The van der Waals surface area contributed by atoms with Crippen LogP contribution < -0.4 is 71.5 Å². The first kappa shape index (κ1) is 126. The number of amidine groups is 10. The highest BCUT2D eigenvalue weighted by molar-refractivity contribution is 14.1. The van der Waals surface area contributed by atoms with E-state index in [-0.39, 0.29) is 37.3 Å². The minimum absolute atomic E-state index is 0.0130. The molecule has 0 saturated carbocycles. The van der Waals surface area contributed by atoms with Gasteiger partial charge in [-0.15, -0.1) is 0 Å². The van der Waals surface area contributed by atoms with Gasteiger partial charge in [-0.05, 0) is 436 Å². The molecule has 20 N–H and O–H groups in total. The van der Waals surface area contributed by atoms with E-state index in [4.69, 9.17) is 83.1 Å². The fraction of sp³-hybridized carbons (Fsp3) is 0.278. The van der Waals surface area contributed by atoms with Crippen molar-refractivity contribution < 1.29 is 40.6 Å². The molecule has 736 valence electrons. The first-order chi connectivity index (χ1) is 64.4. The van der Waals surface area contributed by atoms with Gasteiger partial charge >= 0.3 is 0 Å². The molecule has 39 heteroatoms. The predicted molar refractivity (Wildman–Crippen MR) is 623 cm³/mol. The summed E-state index contributed by atoms with van der Waals surface area (Å²) in [7, 11) is 0. The van der Waals surface area contributed by atoms with Crippen LogP contribution in [0.5, 0.6) is 17.2 Å². The van der Waals surface area contributed by atoms with Crippen LogP contribution in [0.15, 0.2) is 265 Å². The molecule has 0 atom stereocenters. The van der Waals surface area contributed by atoms with Crippen LogP contribution in [-0.2, 0) is 65.4 Å². The number of hydrogen-bond acceptors (Lipinski definition) is 13. The van der Waals surface area contributed by atoms with Crippen LogP contribution >= 0.6 is 202 Å². The molecule has 10 rings (SSSR count). The van der Waals surface area contributed by atoms with Gasteiger partial charge in [0.25, 0.3) is 0 Å². The van der Waals surface area contributed by atoms with Crippen LogP contribution in [0.4, 0.5) is 26.3 Å². The lowest BCUT2D eigenvalue weighted by Crippen LogP contribution is -2.05. The number of aliphatic imine (C=N–C) groups is 10. The summed E-state index contributed by atoms with van der Waals surface area (Å²) < 4.78 is 99.0. The van der Waals surface area contributed by atoms with Gasteiger partial charge < -0.3 is 71.5 Å². The van der Waals surface area contributed by atoms with E-state index in [2.05, 4.69) is 274 Å². The predicted octanol–water partition coefficient (Wildman–Crippen LogP) is 23.9. The third-order valence-electron chi connectivity index (χ3n) is 15.8. The number of rotatable bonds is 30. The van der Waals surface area contributed by atoms with Crippen molar-refractivity contribution in [1.82, 2.24) is 0 Å². The smallest absolute Gasteiger partial charge is 0.138 e. The molecule has 136 heavy (non-hydrogen) atoms. The van der Waals surface area contributed by atoms with Gasteiger partial charge in [-0.3, -0.25) is 54.3 Å². The maximum atomic E-state index is 13.0. The molecule has 0 radical (unpaired) electrons. The number of hydrogen-bond donors (Lipinski definition) is 10. The van der Waals surface area contributed by atoms with Crippen molar-refractivity contribution in [1.29, 1.82) is 0 Å². The number of nitrogens with zero attached hydrogens (tertiary/aromatic N) is 10. The van der Waals surface area contributed by atoms with Crippen LogP contribution in [0.2, 0.25) is 5.02 Å². The molecule has 0 fully saturated rings. The minimum Gasteiger partial charge on any atom is -0.492 e. The number of ether oxygens (including phenoxy) is 3. The zero-order valence-corrected chi connectivity index (χ0v) is 96.2. The summed E-state index contributed by atoms with van der Waals surface area (Å²) in [5.41, 5.74) is 64.6. The van der Waals surface area contributed by atoms with E-state index in [0.29, 0.717) is 160 Å². The van der Waals surface area contributed by atoms with Crippen molar-refractivity contribution in [2.24, 2.45) is 107 Å². The standard InChI is InChI=1S/C12H16BrFN2O.C11H14BrFN2O.C11H14ClFN2O.2C9H10FIN2.C9H11FN2.C9H10I2N2.3C9H11IN2/c1-9(15)16-8-10-3-4-12(11(13)7-10)17-6-2-5-14;2*1-8(14)15-7-9-2-3-11(10(12)6-9)16-5-4-13;1-6(12)13-5-7-2-3-9(11)8(10)4-7;1-6(12)13-5-7-2-3-8(10)9(11)4-7;1-7(11)12-6-8-3-2-4-9(10)5-8;1-6(12)13-5-7-2-3-8(10)9(11)4-7;1-7(11)12-6-8-2-4-9(10)5-3-8;2*1-7(11)12-6-8-3-2-4-9(10)5-8/h3-4,7H,2,5-6,8H2,1H3,(H2,15,16);2*2-3,6H,4-5,7H2,1H3,(H2,14,15);2*2-4H,5H2,1H3,(H2,12,13);2-5H,6H2,1H3,(H2,11,12);2-4H,5H2,1H3,(H2,12,13);3*2-5H,6H2,1H3,(H2,11,12)/i14-1;2*13-1;2*11+4;10-1;3*10+4;10-3. The van der Waals surface area contributed by atoms with E-state index >= 15 is 0 Å². The second-order valence-corrected chi connectivity index (χ2v) is 39.1. The van der Waals surface area contributed by atoms with Gasteiger partial charge in [0.2, 0.25) is 0 Å². The Balaban J connectivity index is 0.000000757. The van der Waals surface area contributed by atoms with E-state index in [0.717, 1.165) is 48.1 Å². The molecule has 0 unspecified atom stereocenters. The van der Waals surface area contributed by atoms with Crippen molar-refractivity contribution >= 4 is 260 Å². The quantitative estimate of drug-likeness (QED) is 0.00659. The minimum atomic E-state index is -0.533. The summed E-state index contributed by atoms with van der Waals surface area (Å²) in [5, 5.41) is 0.454. The highest BCUT2D eigenvalue weighted by Crippen LogP contribution is 2.30. The fourth-order valence-corrected chi connectivity index (χ4v) is 14.1. The fourth-order valence-electron chi connectivity index (χ4n) is 9.38. The maximum Gasteiger partial charge on any atom is 0.138 e. The van der Waals surface area contributed by atoms with E-state index in [1.165, 1.54) is 64.4 Å². The van der Waals surface area contributed by atoms with Crippen LogP contribution in [0.3, 0.4) is 0 Å². The number of halogens is 16. The molecule has 0 aliphatic carbocycles. The van der Waals surface area contributed by atoms with Gasteiger partial charge in [0, 0.05) is 31.4 Å². The highest BCUT2D eigenvalue weighted by Gasteiger charge is 2.09. The Kier molecular flexibility index (Phi) is 69.8. The van der Waals surface area contributed by atoms with Gasteiger partial charge in [-0.2, -0.15) is 0 Å². The Labute approximate surface area is 913 Å². The molecule has 10 aromatic carbocycles. The molecule has 0 saturated heterocycles. The Bertz CT molecular complexity index is 5160. The number of nitrogens with two attached hydrogens (primary N) is 10. The van der Waals surface area contributed by atoms with Crippen molar-refractivity contribution in [2.75, 3.05) is 39.8 Å². The maximum absolute atomic E-state index is 13.0. The van der Waals surface area contributed by atoms with E-state index in [1.807, 2.05) is 106 Å². The van der Waals surface area contributed by atoms with Crippen molar-refractivity contribution in [3.8, 4) is 17.2 Å². The summed E-state index contributed by atoms with van der Waals surface area (Å²) in [6.07, 6.45) is 0.408. The Morgan fingerprint density at radius 1 is 0.316 bits per heavy atom. The molecule has 0 aliphatic heterocycles. The van der Waals surface area contributed by atoms with Gasteiger partial charge in [0.1, 0.15) is 61.3 Å². The third kappa shape index (κ3) is 66.0. The summed E-state index contributed by atoms with van der Waals surface area (Å²) >= 11 is 28.1. The highest BCUT2D eigenvalue weighted by atomic mass is 131. The molecule has 0 amide bonds. The topological polar surface area (TPSA) is 411 Å². The summed E-state index contributed by atoms with van der Waals surface area (Å²) in [5.74, 6) is 6.93. The van der Waals surface area contributed by atoms with Crippen LogP contribution in [0.1, 0.15) is 131 Å². The van der Waals surface area contributed by atoms with Crippen molar-refractivity contribution in [2.45, 2.75) is 141 Å². The molecule has 0 heterocycles. The second-order valence-electron chi connectivity index (χ2n) is 28.6. The first-order valence-corrected chi connectivity index (χ1v) is 50.8. The lowest BCUT2D eigenvalue weighted by Gasteiger charge is -2.08. The lowest BCUT2D eigenvalue weighted by atomic mass is 10.2. The van der Waals surface area contributed by atoms with Crippen LogP contribution in [-0.4, -0.2) is 98.2 Å².